The predicted molar refractivity (Wildman–Crippen MR) is 165 cm³/mol. The number of unbranched alkanes of at least 4 members (excludes halogenated alkanes) is 1. The molecule has 0 aliphatic rings. The van der Waals surface area contributed by atoms with Crippen molar-refractivity contribution in [2.45, 2.75) is 102 Å². The highest BCUT2D eigenvalue weighted by molar-refractivity contribution is 5.96. The van der Waals surface area contributed by atoms with Gasteiger partial charge in [-0.05, 0) is 57.4 Å². The van der Waals surface area contributed by atoms with Crippen molar-refractivity contribution >= 4 is 47.5 Å². The number of nitrogens with one attached hydrogen (secondary N) is 4. The number of carboxylic acids is 3. The van der Waals surface area contributed by atoms with E-state index in [9.17, 15) is 43.8 Å². The molecule has 0 fully saturated rings. The molecule has 5 atom stereocenters. The molecule has 0 aliphatic heterocycles. The van der Waals surface area contributed by atoms with Gasteiger partial charge in [0.1, 0.15) is 24.2 Å². The number of nitrogens with two attached hydrogens (primary N) is 4. The number of hydrogen-bond acceptors (Lipinski definition) is 10. The summed E-state index contributed by atoms with van der Waals surface area (Å²) in [5, 5.41) is 37.4. The van der Waals surface area contributed by atoms with E-state index in [0.717, 1.165) is 0 Å². The number of amides is 4. The highest BCUT2D eigenvalue weighted by atomic mass is 16.4. The molecule has 0 spiro atoms. The van der Waals surface area contributed by atoms with Crippen LogP contribution >= 0.6 is 0 Å². The zero-order valence-corrected chi connectivity index (χ0v) is 26.2. The Morgan fingerprint density at radius 1 is 0.674 bits per heavy atom. The molecule has 0 aromatic rings. The van der Waals surface area contributed by atoms with Crippen molar-refractivity contribution in [2.75, 3.05) is 13.1 Å². The van der Waals surface area contributed by atoms with Crippen LogP contribution in [-0.4, -0.2) is 106 Å². The summed E-state index contributed by atoms with van der Waals surface area (Å²) in [6, 6.07) is -6.82. The fraction of sp³-hybridized carbons (Fsp3) is 0.704. The van der Waals surface area contributed by atoms with E-state index in [1.54, 1.807) is 13.8 Å². The molecule has 19 heteroatoms. The monoisotopic (exact) mass is 659 g/mol. The summed E-state index contributed by atoms with van der Waals surface area (Å²) in [6.45, 7) is 3.91. The topological polar surface area (TPSA) is 345 Å². The van der Waals surface area contributed by atoms with Crippen LogP contribution in [0.5, 0.6) is 0 Å². The standard InChI is InChI=1S/C27H49N9O10/c1-14(2)12-19(25(44)35-18(26(45)46)7-5-11-32-27(30)31)36-24(43)17(8-9-20(37)38)34-23(42)16(6-3-4-10-28)33-22(41)15(29)13-21(39)40/h14-19H,3-13,28-29H2,1-2H3,(H,33,41)(H,34,42)(H,35,44)(H,36,43)(H,37,38)(H,39,40)(H,45,46)(H4,30,31,32)/t15-,16-,17-,18-,19-/m0/s1. The Labute approximate surface area is 266 Å². The SMILES string of the molecule is CC(C)C[C@H](NC(=O)[C@H](CCC(=O)O)NC(=O)[C@H](CCCCN)NC(=O)[C@@H](N)CC(=O)O)C(=O)N[C@@H](CCCN=C(N)N)C(=O)O. The van der Waals surface area contributed by atoms with Crippen LogP contribution in [0.1, 0.15) is 71.6 Å². The summed E-state index contributed by atoms with van der Waals surface area (Å²) in [7, 11) is 0. The Bertz CT molecular complexity index is 1080. The smallest absolute Gasteiger partial charge is 0.326 e. The van der Waals surface area contributed by atoms with Gasteiger partial charge in [0.2, 0.25) is 23.6 Å². The number of nitrogens with zero attached hydrogens (tertiary/aromatic N) is 1. The Hall–Kier alpha value is -4.52. The molecule has 262 valence electrons. The number of carbonyl (C=O) groups is 7. The van der Waals surface area contributed by atoms with Gasteiger partial charge in [0.05, 0.1) is 12.5 Å². The van der Waals surface area contributed by atoms with Crippen LogP contribution in [0.25, 0.3) is 0 Å². The molecule has 0 unspecified atom stereocenters. The van der Waals surface area contributed by atoms with Gasteiger partial charge in [-0.2, -0.15) is 0 Å². The van der Waals surface area contributed by atoms with Crippen LogP contribution in [-0.2, 0) is 33.6 Å². The normalized spacial score (nSPS) is 14.1. The van der Waals surface area contributed by atoms with Gasteiger partial charge in [-0.1, -0.05) is 13.8 Å². The van der Waals surface area contributed by atoms with Crippen molar-refractivity contribution < 1.29 is 48.9 Å². The van der Waals surface area contributed by atoms with Crippen LogP contribution in [0, 0.1) is 5.92 Å². The highest BCUT2D eigenvalue weighted by Gasteiger charge is 2.32. The summed E-state index contributed by atoms with van der Waals surface area (Å²) in [5.41, 5.74) is 21.6. The Morgan fingerprint density at radius 2 is 1.17 bits per heavy atom. The van der Waals surface area contributed by atoms with Crippen LogP contribution in [0.4, 0.5) is 0 Å². The molecule has 0 heterocycles. The molecule has 0 saturated heterocycles. The second-order valence-corrected chi connectivity index (χ2v) is 11.1. The maximum absolute atomic E-state index is 13.4. The molecule has 0 saturated carbocycles. The first kappa shape index (κ1) is 41.5. The maximum Gasteiger partial charge on any atom is 0.326 e. The lowest BCUT2D eigenvalue weighted by Gasteiger charge is -2.27. The summed E-state index contributed by atoms with van der Waals surface area (Å²) in [4.78, 5) is 90.1. The molecule has 19 nitrogen and oxygen atoms in total. The van der Waals surface area contributed by atoms with Crippen molar-refractivity contribution in [3.63, 3.8) is 0 Å². The number of carboxylic acid groups (broad SMARTS) is 3. The minimum absolute atomic E-state index is 0.0229. The number of hydrogen-bond donors (Lipinski definition) is 11. The van der Waals surface area contributed by atoms with Gasteiger partial charge in [0.15, 0.2) is 5.96 Å². The Morgan fingerprint density at radius 3 is 1.67 bits per heavy atom. The summed E-state index contributed by atoms with van der Waals surface area (Å²) in [6.07, 6.45) is -0.502. The van der Waals surface area contributed by atoms with Gasteiger partial charge < -0.3 is 59.5 Å². The minimum Gasteiger partial charge on any atom is -0.481 e. The lowest BCUT2D eigenvalue weighted by molar-refractivity contribution is -0.142. The highest BCUT2D eigenvalue weighted by Crippen LogP contribution is 2.10. The number of rotatable bonds is 24. The molecule has 0 aliphatic carbocycles. The first-order valence-electron chi connectivity index (χ1n) is 14.9. The van der Waals surface area contributed by atoms with E-state index >= 15 is 0 Å². The van der Waals surface area contributed by atoms with Crippen LogP contribution in [0.2, 0.25) is 0 Å². The van der Waals surface area contributed by atoms with Gasteiger partial charge >= 0.3 is 17.9 Å². The van der Waals surface area contributed by atoms with Crippen LogP contribution in [0.3, 0.4) is 0 Å². The number of carbonyl (C=O) groups excluding carboxylic acids is 4. The largest absolute Gasteiger partial charge is 0.481 e. The van der Waals surface area contributed by atoms with Gasteiger partial charge in [0.25, 0.3) is 0 Å². The summed E-state index contributed by atoms with van der Waals surface area (Å²) in [5.74, 6) is -7.83. The molecular weight excluding hydrogens is 610 g/mol. The molecule has 0 rings (SSSR count). The minimum atomic E-state index is -1.48. The zero-order valence-electron chi connectivity index (χ0n) is 26.2. The van der Waals surface area contributed by atoms with E-state index in [4.69, 9.17) is 28.0 Å². The summed E-state index contributed by atoms with van der Waals surface area (Å²) >= 11 is 0. The van der Waals surface area contributed by atoms with E-state index in [2.05, 4.69) is 26.3 Å². The van der Waals surface area contributed by atoms with Gasteiger partial charge in [-0.3, -0.25) is 33.8 Å². The maximum atomic E-state index is 13.4. The molecule has 15 N–H and O–H groups in total. The lowest BCUT2D eigenvalue weighted by atomic mass is 10.0. The van der Waals surface area contributed by atoms with E-state index < -0.39 is 91.0 Å². The predicted octanol–water partition coefficient (Wildman–Crippen LogP) is -3.09. The van der Waals surface area contributed by atoms with E-state index in [1.807, 2.05) is 0 Å². The Balaban J connectivity index is 5.95. The average molecular weight is 660 g/mol. The molecule has 0 bridgehead atoms. The molecule has 0 radical (unpaired) electrons. The fourth-order valence-corrected chi connectivity index (χ4v) is 4.14. The van der Waals surface area contributed by atoms with Gasteiger partial charge in [-0.15, -0.1) is 0 Å². The van der Waals surface area contributed by atoms with E-state index in [-0.39, 0.29) is 50.7 Å². The van der Waals surface area contributed by atoms with Crippen molar-refractivity contribution in [3.05, 3.63) is 0 Å². The van der Waals surface area contributed by atoms with E-state index in [1.165, 1.54) is 0 Å². The third kappa shape index (κ3) is 18.3. The number of aliphatic carboxylic acids is 3. The lowest BCUT2D eigenvalue weighted by Crippen LogP contribution is -2.58. The van der Waals surface area contributed by atoms with Crippen molar-refractivity contribution in [3.8, 4) is 0 Å². The first-order valence-corrected chi connectivity index (χ1v) is 14.9. The van der Waals surface area contributed by atoms with Crippen LogP contribution < -0.4 is 44.2 Å². The third-order valence-electron chi connectivity index (χ3n) is 6.49. The number of aliphatic imine (C=N–C) groups is 1. The molecule has 0 aromatic carbocycles. The zero-order chi connectivity index (χ0) is 35.4. The van der Waals surface area contributed by atoms with Gasteiger partial charge in [0, 0.05) is 13.0 Å². The second kappa shape index (κ2) is 22.1. The average Bonchev–Trinajstić information content (AvgIpc) is 2.94. The van der Waals surface area contributed by atoms with Crippen molar-refractivity contribution in [2.24, 2.45) is 33.8 Å². The molecule has 4 amide bonds. The third-order valence-corrected chi connectivity index (χ3v) is 6.49. The second-order valence-electron chi connectivity index (χ2n) is 11.1. The first-order chi connectivity index (χ1) is 21.5. The fourth-order valence-electron chi connectivity index (χ4n) is 4.14. The summed E-state index contributed by atoms with van der Waals surface area (Å²) < 4.78 is 0. The van der Waals surface area contributed by atoms with E-state index in [0.29, 0.717) is 12.8 Å². The molecule has 46 heavy (non-hydrogen) atoms. The number of guanidine groups is 1. The van der Waals surface area contributed by atoms with Gasteiger partial charge in [-0.25, -0.2) is 4.79 Å². The van der Waals surface area contributed by atoms with Crippen LogP contribution in [0.15, 0.2) is 4.99 Å². The van der Waals surface area contributed by atoms with Crippen molar-refractivity contribution in [1.82, 2.24) is 21.3 Å². The quantitative estimate of drug-likeness (QED) is 0.0278. The molecule has 0 aromatic heterocycles. The Kier molecular flexibility index (Phi) is 19.9. The molecular formula is C27H49N9O10. The van der Waals surface area contributed by atoms with Crippen molar-refractivity contribution in [1.29, 1.82) is 0 Å².